The molecule has 0 spiro atoms. The zero-order valence-corrected chi connectivity index (χ0v) is 17.6. The molecular formula is C21H30NOPS. The first-order chi connectivity index (χ1) is 11.8. The lowest BCUT2D eigenvalue weighted by molar-refractivity contribution is 0.492. The highest BCUT2D eigenvalue weighted by Crippen LogP contribution is 2.35. The Morgan fingerprint density at radius 2 is 1.36 bits per heavy atom. The molecule has 1 unspecified atom stereocenters. The van der Waals surface area contributed by atoms with Crippen LogP contribution in [0.25, 0.3) is 0 Å². The van der Waals surface area contributed by atoms with Gasteiger partial charge in [0.2, 0.25) is 0 Å². The van der Waals surface area contributed by atoms with Gasteiger partial charge in [0.1, 0.15) is 0 Å². The summed E-state index contributed by atoms with van der Waals surface area (Å²) in [5.41, 5.74) is 0. The van der Waals surface area contributed by atoms with Crippen molar-refractivity contribution < 1.29 is 4.21 Å². The first-order valence-electron chi connectivity index (χ1n) is 8.84. The summed E-state index contributed by atoms with van der Waals surface area (Å²) in [5, 5.41) is 2.75. The Morgan fingerprint density at radius 3 is 1.72 bits per heavy atom. The molecule has 0 saturated carbocycles. The Kier molecular flexibility index (Phi) is 7.37. The molecule has 4 heteroatoms. The van der Waals surface area contributed by atoms with E-state index in [0.717, 1.165) is 6.16 Å². The van der Waals surface area contributed by atoms with Gasteiger partial charge < -0.3 is 0 Å². The summed E-state index contributed by atoms with van der Waals surface area (Å²) in [7, 11) is -1.54. The van der Waals surface area contributed by atoms with Gasteiger partial charge >= 0.3 is 0 Å². The molecule has 0 heterocycles. The van der Waals surface area contributed by atoms with Crippen molar-refractivity contribution in [3.63, 3.8) is 0 Å². The van der Waals surface area contributed by atoms with Gasteiger partial charge in [0, 0.05) is 6.04 Å². The van der Waals surface area contributed by atoms with Gasteiger partial charge in [-0.3, -0.25) is 0 Å². The highest BCUT2D eigenvalue weighted by Gasteiger charge is 2.27. The molecule has 2 atom stereocenters. The minimum absolute atomic E-state index is 0.214. The van der Waals surface area contributed by atoms with E-state index in [4.69, 9.17) is 0 Å². The second kappa shape index (κ2) is 9.07. The maximum atomic E-state index is 12.6. The summed E-state index contributed by atoms with van der Waals surface area (Å²) in [4.78, 5) is 0. The molecule has 0 bridgehead atoms. The Labute approximate surface area is 156 Å². The van der Waals surface area contributed by atoms with Crippen molar-refractivity contribution >= 4 is 29.5 Å². The second-order valence-electron chi connectivity index (χ2n) is 7.63. The van der Waals surface area contributed by atoms with Crippen LogP contribution in [0, 0.1) is 5.92 Å². The largest absolute Gasteiger partial charge is 0.242 e. The van der Waals surface area contributed by atoms with Crippen molar-refractivity contribution in [2.24, 2.45) is 5.92 Å². The fourth-order valence-electron chi connectivity index (χ4n) is 2.47. The molecule has 2 aromatic carbocycles. The maximum absolute atomic E-state index is 12.6. The average molecular weight is 376 g/mol. The maximum Gasteiger partial charge on any atom is 0.0972 e. The van der Waals surface area contributed by atoms with E-state index in [0.29, 0.717) is 5.92 Å². The van der Waals surface area contributed by atoms with Crippen molar-refractivity contribution in [1.29, 1.82) is 0 Å². The van der Waals surface area contributed by atoms with Crippen molar-refractivity contribution in [2.45, 2.75) is 45.4 Å². The van der Waals surface area contributed by atoms with Gasteiger partial charge in [-0.2, -0.15) is 0 Å². The first kappa shape index (κ1) is 20.3. The number of rotatable bonds is 7. The van der Waals surface area contributed by atoms with Crippen LogP contribution in [-0.4, -0.2) is 21.2 Å². The van der Waals surface area contributed by atoms with E-state index in [1.54, 1.807) is 0 Å². The molecule has 0 aromatic heterocycles. The number of nitrogens with one attached hydrogen (secondary N) is 1. The van der Waals surface area contributed by atoms with Gasteiger partial charge in [-0.15, -0.1) is 0 Å². The molecule has 2 aromatic rings. The standard InChI is InChI=1S/C21H30NOPS/c1-17(2)20(22-25(23)21(3,4)5)16-24(18-12-8-6-9-13-18)19-14-10-7-11-15-19/h6-15,17,20,22H,16H2,1-5H3/t20?,25-/m1/s1. The van der Waals surface area contributed by atoms with Crippen LogP contribution in [0.15, 0.2) is 60.7 Å². The van der Waals surface area contributed by atoms with Crippen molar-refractivity contribution in [2.75, 3.05) is 6.16 Å². The zero-order chi connectivity index (χ0) is 18.4. The van der Waals surface area contributed by atoms with Gasteiger partial charge in [-0.25, -0.2) is 8.93 Å². The van der Waals surface area contributed by atoms with E-state index >= 15 is 0 Å². The smallest absolute Gasteiger partial charge is 0.0972 e. The van der Waals surface area contributed by atoms with E-state index < -0.39 is 18.9 Å². The predicted molar refractivity (Wildman–Crippen MR) is 114 cm³/mol. The lowest BCUT2D eigenvalue weighted by atomic mass is 10.1. The van der Waals surface area contributed by atoms with Crippen LogP contribution in [0.1, 0.15) is 34.6 Å². The lowest BCUT2D eigenvalue weighted by Gasteiger charge is -2.30. The molecule has 0 aliphatic rings. The van der Waals surface area contributed by atoms with E-state index in [1.807, 2.05) is 20.8 Å². The molecule has 0 fully saturated rings. The highest BCUT2D eigenvalue weighted by atomic mass is 32.2. The Hall–Kier alpha value is -1.02. The molecule has 2 rings (SSSR count). The summed E-state index contributed by atoms with van der Waals surface area (Å²) >= 11 is 0. The first-order valence-corrected chi connectivity index (χ1v) is 11.5. The van der Waals surface area contributed by atoms with Crippen LogP contribution in [0.2, 0.25) is 0 Å². The minimum Gasteiger partial charge on any atom is -0.242 e. The molecule has 1 N–H and O–H groups in total. The third kappa shape index (κ3) is 6.02. The normalized spacial score (nSPS) is 14.7. The molecular weight excluding hydrogens is 345 g/mol. The van der Waals surface area contributed by atoms with Crippen LogP contribution < -0.4 is 15.3 Å². The fourth-order valence-corrected chi connectivity index (χ4v) is 6.27. The summed E-state index contributed by atoms with van der Waals surface area (Å²) < 4.78 is 15.8. The van der Waals surface area contributed by atoms with Crippen LogP contribution in [0.4, 0.5) is 0 Å². The van der Waals surface area contributed by atoms with Gasteiger partial charge in [0.25, 0.3) is 0 Å². The van der Waals surface area contributed by atoms with E-state index in [9.17, 15) is 4.21 Å². The van der Waals surface area contributed by atoms with Crippen LogP contribution in [0.5, 0.6) is 0 Å². The van der Waals surface area contributed by atoms with E-state index in [2.05, 4.69) is 79.2 Å². The second-order valence-corrected chi connectivity index (χ2v) is 11.9. The highest BCUT2D eigenvalue weighted by molar-refractivity contribution is 7.84. The molecule has 0 radical (unpaired) electrons. The van der Waals surface area contributed by atoms with Gasteiger partial charge in [0.05, 0.1) is 15.7 Å². The molecule has 0 saturated heterocycles. The summed E-state index contributed by atoms with van der Waals surface area (Å²) in [6.07, 6.45) is 0.989. The van der Waals surface area contributed by atoms with Crippen molar-refractivity contribution in [1.82, 2.24) is 4.72 Å². The molecule has 2 nitrogen and oxygen atoms in total. The monoisotopic (exact) mass is 375 g/mol. The quantitative estimate of drug-likeness (QED) is 0.722. The van der Waals surface area contributed by atoms with Crippen LogP contribution >= 0.6 is 7.92 Å². The van der Waals surface area contributed by atoms with Gasteiger partial charge in [0.15, 0.2) is 0 Å². The topological polar surface area (TPSA) is 29.1 Å². The Balaban J connectivity index is 2.29. The van der Waals surface area contributed by atoms with Crippen LogP contribution in [0.3, 0.4) is 0 Å². The molecule has 0 amide bonds. The van der Waals surface area contributed by atoms with E-state index in [1.165, 1.54) is 10.6 Å². The van der Waals surface area contributed by atoms with Gasteiger partial charge in [-0.05, 0) is 51.4 Å². The van der Waals surface area contributed by atoms with E-state index in [-0.39, 0.29) is 10.8 Å². The third-order valence-corrected chi connectivity index (χ3v) is 8.37. The molecule has 25 heavy (non-hydrogen) atoms. The fraction of sp³-hybridized carbons (Fsp3) is 0.429. The number of hydrogen-bond donors (Lipinski definition) is 1. The average Bonchev–Trinajstić information content (AvgIpc) is 2.58. The lowest BCUT2D eigenvalue weighted by Crippen LogP contribution is -2.44. The zero-order valence-electron chi connectivity index (χ0n) is 15.9. The minimum atomic E-state index is -1.06. The SMILES string of the molecule is CC(C)C(CP(c1ccccc1)c1ccccc1)N[S@](=O)C(C)(C)C. The number of benzene rings is 2. The molecule has 136 valence electrons. The Morgan fingerprint density at radius 1 is 0.920 bits per heavy atom. The summed E-state index contributed by atoms with van der Waals surface area (Å²) in [5.74, 6) is 0.420. The summed E-state index contributed by atoms with van der Waals surface area (Å²) in [6, 6.07) is 21.7. The Bertz CT molecular complexity index is 628. The van der Waals surface area contributed by atoms with Crippen molar-refractivity contribution in [3.8, 4) is 0 Å². The molecule has 0 aliphatic carbocycles. The predicted octanol–water partition coefficient (Wildman–Crippen LogP) is 4.20. The summed E-state index contributed by atoms with van der Waals surface area (Å²) in [6.45, 7) is 10.5. The third-order valence-electron chi connectivity index (χ3n) is 4.13. The van der Waals surface area contributed by atoms with Crippen LogP contribution in [-0.2, 0) is 11.0 Å². The molecule has 0 aliphatic heterocycles. The van der Waals surface area contributed by atoms with Crippen molar-refractivity contribution in [3.05, 3.63) is 60.7 Å². The van der Waals surface area contributed by atoms with Gasteiger partial charge in [-0.1, -0.05) is 74.5 Å². The number of hydrogen-bond acceptors (Lipinski definition) is 1.